The molecule has 2 aliphatic rings. The molecule has 24 heavy (non-hydrogen) atoms. The van der Waals surface area contributed by atoms with E-state index >= 15 is 0 Å². The second-order valence-electron chi connectivity index (χ2n) is 6.63. The Hall–Kier alpha value is -1.37. The van der Waals surface area contributed by atoms with Crippen LogP contribution in [0.4, 0.5) is 0 Å². The predicted octanol–water partition coefficient (Wildman–Crippen LogP) is 3.49. The summed E-state index contributed by atoms with van der Waals surface area (Å²) >= 11 is 1.46. The van der Waals surface area contributed by atoms with E-state index in [1.165, 1.54) is 24.2 Å². The summed E-state index contributed by atoms with van der Waals surface area (Å²) in [5, 5.41) is 6.22. The summed E-state index contributed by atoms with van der Waals surface area (Å²) in [6.45, 7) is 1.91. The van der Waals surface area contributed by atoms with Gasteiger partial charge < -0.3 is 14.6 Å². The van der Waals surface area contributed by atoms with Crippen LogP contribution in [0.1, 0.15) is 41.9 Å². The van der Waals surface area contributed by atoms with Crippen LogP contribution in [0, 0.1) is 6.92 Å². The molecule has 2 aliphatic heterocycles. The van der Waals surface area contributed by atoms with Crippen LogP contribution in [0.3, 0.4) is 0 Å². The van der Waals surface area contributed by atoms with Crippen LogP contribution in [0.25, 0.3) is 10.8 Å². The van der Waals surface area contributed by atoms with Crippen molar-refractivity contribution in [3.05, 3.63) is 29.0 Å². The fourth-order valence-corrected chi connectivity index (χ4v) is 4.48. The number of fused-ring (bicyclic) bond motifs is 2. The first-order valence-corrected chi connectivity index (χ1v) is 9.03. The molecule has 2 bridgehead atoms. The van der Waals surface area contributed by atoms with Crippen molar-refractivity contribution in [2.24, 2.45) is 0 Å². The standard InChI is InChI=1S/C17H21N3O2S.ClH/c1-10-3-6-15(22-10)16-19-14(9-23-16)17(21)20(2)13-7-11-4-5-12(8-13)18-11;/h3,6,9,11-13,18H,4-5,7-8H2,1-2H3;1H. The zero-order chi connectivity index (χ0) is 16.0. The Morgan fingerprint density at radius 3 is 2.67 bits per heavy atom. The number of rotatable bonds is 3. The Bertz CT molecular complexity index is 717. The van der Waals surface area contributed by atoms with Crippen LogP contribution in [0.5, 0.6) is 0 Å². The highest BCUT2D eigenvalue weighted by atomic mass is 35.5. The number of hydrogen-bond acceptors (Lipinski definition) is 5. The van der Waals surface area contributed by atoms with Crippen LogP contribution in [0.15, 0.2) is 21.9 Å². The average Bonchev–Trinajstić information content (AvgIpc) is 3.26. The molecule has 0 radical (unpaired) electrons. The lowest BCUT2D eigenvalue weighted by atomic mass is 9.98. The van der Waals surface area contributed by atoms with Crippen LogP contribution >= 0.6 is 23.7 Å². The van der Waals surface area contributed by atoms with Crippen molar-refractivity contribution in [1.82, 2.24) is 15.2 Å². The van der Waals surface area contributed by atoms with E-state index in [1.54, 1.807) is 0 Å². The number of piperidine rings is 1. The number of carbonyl (C=O) groups is 1. The van der Waals surface area contributed by atoms with E-state index in [9.17, 15) is 4.79 Å². The maximum atomic E-state index is 12.7. The van der Waals surface area contributed by atoms with Crippen molar-refractivity contribution in [3.63, 3.8) is 0 Å². The van der Waals surface area contributed by atoms with Crippen molar-refractivity contribution >= 4 is 29.7 Å². The van der Waals surface area contributed by atoms with Gasteiger partial charge in [-0.25, -0.2) is 4.98 Å². The van der Waals surface area contributed by atoms with Crippen molar-refractivity contribution in [3.8, 4) is 10.8 Å². The Balaban J connectivity index is 0.00000169. The molecular formula is C17H22ClN3O2S. The number of thiazole rings is 1. The minimum atomic E-state index is 0. The molecule has 2 fully saturated rings. The Morgan fingerprint density at radius 1 is 1.33 bits per heavy atom. The lowest BCUT2D eigenvalue weighted by Gasteiger charge is -2.35. The molecule has 0 spiro atoms. The van der Waals surface area contributed by atoms with Crippen LogP contribution in [-0.2, 0) is 0 Å². The molecule has 1 N–H and O–H groups in total. The summed E-state index contributed by atoms with van der Waals surface area (Å²) in [6.07, 6.45) is 4.57. The number of amides is 1. The number of aromatic nitrogens is 1. The molecule has 0 aliphatic carbocycles. The first-order chi connectivity index (χ1) is 11.1. The Kier molecular flexibility index (Phi) is 4.99. The maximum Gasteiger partial charge on any atom is 0.273 e. The van der Waals surface area contributed by atoms with Gasteiger partial charge in [0.05, 0.1) is 0 Å². The predicted molar refractivity (Wildman–Crippen MR) is 96.9 cm³/mol. The number of aryl methyl sites for hydroxylation is 1. The van der Waals surface area contributed by atoms with Crippen molar-refractivity contribution < 1.29 is 9.21 Å². The topological polar surface area (TPSA) is 58.4 Å². The molecule has 2 atom stereocenters. The van der Waals surface area contributed by atoms with E-state index in [4.69, 9.17) is 4.42 Å². The Labute approximate surface area is 151 Å². The third-order valence-electron chi connectivity index (χ3n) is 4.99. The van der Waals surface area contributed by atoms with Crippen molar-refractivity contribution in [1.29, 1.82) is 0 Å². The van der Waals surface area contributed by atoms with Gasteiger partial charge in [-0.05, 0) is 44.7 Å². The smallest absolute Gasteiger partial charge is 0.273 e. The van der Waals surface area contributed by atoms with Gasteiger partial charge in [-0.3, -0.25) is 4.79 Å². The monoisotopic (exact) mass is 367 g/mol. The first kappa shape index (κ1) is 17.5. The second kappa shape index (κ2) is 6.86. The van der Waals surface area contributed by atoms with E-state index in [0.717, 1.165) is 29.4 Å². The van der Waals surface area contributed by atoms with Gasteiger partial charge >= 0.3 is 0 Å². The average molecular weight is 368 g/mol. The lowest BCUT2D eigenvalue weighted by Crippen LogP contribution is -2.48. The normalized spacial score (nSPS) is 25.3. The highest BCUT2D eigenvalue weighted by molar-refractivity contribution is 7.13. The zero-order valence-electron chi connectivity index (χ0n) is 13.8. The minimum absolute atomic E-state index is 0. The van der Waals surface area contributed by atoms with E-state index in [1.807, 2.05) is 36.4 Å². The minimum Gasteiger partial charge on any atom is -0.459 e. The molecule has 2 aromatic heterocycles. The quantitative estimate of drug-likeness (QED) is 0.902. The van der Waals surface area contributed by atoms with Gasteiger partial charge in [-0.15, -0.1) is 23.7 Å². The van der Waals surface area contributed by atoms with Gasteiger partial charge in [0, 0.05) is 30.6 Å². The number of hydrogen-bond donors (Lipinski definition) is 1. The van der Waals surface area contributed by atoms with Gasteiger partial charge in [-0.2, -0.15) is 0 Å². The lowest BCUT2D eigenvalue weighted by molar-refractivity contribution is 0.0676. The number of nitrogens with one attached hydrogen (secondary N) is 1. The van der Waals surface area contributed by atoms with Crippen molar-refractivity contribution in [2.45, 2.75) is 50.7 Å². The van der Waals surface area contributed by atoms with Crippen LogP contribution < -0.4 is 5.32 Å². The molecular weight excluding hydrogens is 346 g/mol. The SMILES string of the molecule is Cc1ccc(-c2nc(C(=O)N(C)C3CC4CCC(C3)N4)cs2)o1.Cl. The fourth-order valence-electron chi connectivity index (χ4n) is 3.72. The molecule has 2 aromatic rings. The molecule has 130 valence electrons. The Morgan fingerprint density at radius 2 is 2.04 bits per heavy atom. The van der Waals surface area contributed by atoms with Gasteiger partial charge in [0.1, 0.15) is 11.5 Å². The summed E-state index contributed by atoms with van der Waals surface area (Å²) < 4.78 is 5.59. The maximum absolute atomic E-state index is 12.7. The molecule has 5 nitrogen and oxygen atoms in total. The zero-order valence-corrected chi connectivity index (χ0v) is 15.5. The molecule has 1 amide bonds. The highest BCUT2D eigenvalue weighted by Gasteiger charge is 2.36. The molecule has 0 saturated carbocycles. The van der Waals surface area contributed by atoms with Gasteiger partial charge in [0.2, 0.25) is 0 Å². The van der Waals surface area contributed by atoms with Gasteiger partial charge in [0.15, 0.2) is 10.8 Å². The first-order valence-electron chi connectivity index (χ1n) is 8.15. The molecule has 4 rings (SSSR count). The van der Waals surface area contributed by atoms with E-state index in [0.29, 0.717) is 23.8 Å². The number of nitrogens with zero attached hydrogens (tertiary/aromatic N) is 2. The van der Waals surface area contributed by atoms with Gasteiger partial charge in [-0.1, -0.05) is 0 Å². The second-order valence-corrected chi connectivity index (χ2v) is 7.49. The van der Waals surface area contributed by atoms with Crippen molar-refractivity contribution in [2.75, 3.05) is 7.05 Å². The molecule has 2 saturated heterocycles. The van der Waals surface area contributed by atoms with E-state index < -0.39 is 0 Å². The summed E-state index contributed by atoms with van der Waals surface area (Å²) in [5.41, 5.74) is 0.521. The summed E-state index contributed by atoms with van der Waals surface area (Å²) in [4.78, 5) is 19.1. The largest absolute Gasteiger partial charge is 0.459 e. The summed E-state index contributed by atoms with van der Waals surface area (Å²) in [5.74, 6) is 1.60. The summed E-state index contributed by atoms with van der Waals surface area (Å²) in [6, 6.07) is 5.28. The van der Waals surface area contributed by atoms with E-state index in [-0.39, 0.29) is 18.3 Å². The van der Waals surface area contributed by atoms with Gasteiger partial charge in [0.25, 0.3) is 5.91 Å². The number of halogens is 1. The third kappa shape index (κ3) is 3.23. The highest BCUT2D eigenvalue weighted by Crippen LogP contribution is 2.31. The molecule has 0 aromatic carbocycles. The molecule has 4 heterocycles. The van der Waals surface area contributed by atoms with Crippen LogP contribution in [-0.4, -0.2) is 41.0 Å². The third-order valence-corrected chi connectivity index (χ3v) is 5.85. The summed E-state index contributed by atoms with van der Waals surface area (Å²) in [7, 11) is 1.91. The number of carbonyl (C=O) groups excluding carboxylic acids is 1. The van der Waals surface area contributed by atoms with Crippen LogP contribution in [0.2, 0.25) is 0 Å². The fraction of sp³-hybridized carbons (Fsp3) is 0.529. The molecule has 7 heteroatoms. The van der Waals surface area contributed by atoms with E-state index in [2.05, 4.69) is 10.3 Å². The molecule has 2 unspecified atom stereocenters. The number of furan rings is 1.